The number of amides is 1. The van der Waals surface area contributed by atoms with Crippen LogP contribution >= 0.6 is 0 Å². The Morgan fingerprint density at radius 2 is 1.36 bits per heavy atom. The minimum Gasteiger partial charge on any atom is -0.366 e. The molecule has 0 saturated heterocycles. The second kappa shape index (κ2) is 9.24. The van der Waals surface area contributed by atoms with E-state index in [4.69, 9.17) is 5.73 Å². The molecule has 0 aliphatic carbocycles. The highest BCUT2D eigenvalue weighted by molar-refractivity contribution is 6.22. The van der Waals surface area contributed by atoms with Crippen LogP contribution in [0.5, 0.6) is 0 Å². The van der Waals surface area contributed by atoms with Crippen molar-refractivity contribution in [3.8, 4) is 22.8 Å². The Labute approximate surface area is 198 Å². The molecule has 4 rings (SSSR count). The van der Waals surface area contributed by atoms with Crippen molar-refractivity contribution in [1.29, 1.82) is 0 Å². The van der Waals surface area contributed by atoms with Gasteiger partial charge in [-0.15, -0.1) is 5.10 Å². The normalized spacial score (nSPS) is 12.6. The van der Waals surface area contributed by atoms with Gasteiger partial charge in [0.05, 0.1) is 29.1 Å². The van der Waals surface area contributed by atoms with Crippen LogP contribution in [0.3, 0.4) is 0 Å². The number of aromatic nitrogens is 5. The minimum atomic E-state index is -4.56. The fraction of sp³-hybridized carbons (Fsp3) is 0.0870. The van der Waals surface area contributed by atoms with Gasteiger partial charge >= 0.3 is 12.4 Å². The molecule has 13 heteroatoms. The topological polar surface area (TPSA) is 99.6 Å². The number of carbonyl (C=O) groups is 1. The number of rotatable bonds is 5. The molecule has 0 fully saturated rings. The summed E-state index contributed by atoms with van der Waals surface area (Å²) in [5.41, 5.74) is 4.34. The zero-order chi connectivity index (χ0) is 26.1. The Morgan fingerprint density at radius 1 is 0.806 bits per heavy atom. The monoisotopic (exact) mass is 504 g/mol. The number of benzene rings is 2. The predicted molar refractivity (Wildman–Crippen MR) is 116 cm³/mol. The van der Waals surface area contributed by atoms with E-state index in [9.17, 15) is 31.1 Å². The first-order chi connectivity index (χ1) is 16.9. The zero-order valence-electron chi connectivity index (χ0n) is 17.9. The third-order valence-electron chi connectivity index (χ3n) is 4.98. The molecule has 0 spiro atoms. The van der Waals surface area contributed by atoms with E-state index >= 15 is 0 Å². The van der Waals surface area contributed by atoms with E-state index in [2.05, 4.69) is 20.3 Å². The number of nitrogens with two attached hydrogens (primary N) is 1. The molecule has 2 aromatic heterocycles. The molecule has 1 amide bonds. The number of primary amides is 1. The number of nitrogens with zero attached hydrogens (tertiary/aromatic N) is 5. The first kappa shape index (κ1) is 24.6. The second-order valence-electron chi connectivity index (χ2n) is 7.39. The number of carbonyl (C=O) groups excluding carboxylic acids is 1. The van der Waals surface area contributed by atoms with Gasteiger partial charge in [-0.3, -0.25) is 4.79 Å². The molecule has 2 aromatic carbocycles. The summed E-state index contributed by atoms with van der Waals surface area (Å²) in [5, 5.41) is 11.6. The summed E-state index contributed by atoms with van der Waals surface area (Å²) in [6.45, 7) is 0. The van der Waals surface area contributed by atoms with Gasteiger partial charge in [0.25, 0.3) is 5.91 Å². The predicted octanol–water partition coefficient (Wildman–Crippen LogP) is 4.92. The van der Waals surface area contributed by atoms with Crippen LogP contribution in [-0.4, -0.2) is 30.9 Å². The lowest BCUT2D eigenvalue weighted by Crippen LogP contribution is -2.14. The van der Waals surface area contributed by atoms with Gasteiger partial charge in [-0.25, -0.2) is 9.67 Å². The van der Waals surface area contributed by atoms with Crippen molar-refractivity contribution in [2.45, 2.75) is 12.4 Å². The van der Waals surface area contributed by atoms with Crippen molar-refractivity contribution >= 4 is 17.7 Å². The number of hydrogen-bond donors (Lipinski definition) is 1. The number of alkyl halides is 6. The van der Waals surface area contributed by atoms with Gasteiger partial charge in [0.2, 0.25) is 0 Å². The summed E-state index contributed by atoms with van der Waals surface area (Å²) in [6.07, 6.45) is -5.33. The summed E-state index contributed by atoms with van der Waals surface area (Å²) >= 11 is 0. The quantitative estimate of drug-likeness (QED) is 0.307. The first-order valence-corrected chi connectivity index (χ1v) is 10.0. The lowest BCUT2D eigenvalue weighted by atomic mass is 10.1. The Kier molecular flexibility index (Phi) is 6.31. The van der Waals surface area contributed by atoms with E-state index in [0.717, 1.165) is 53.2 Å². The van der Waals surface area contributed by atoms with Crippen LogP contribution in [0.25, 0.3) is 34.5 Å². The van der Waals surface area contributed by atoms with Crippen molar-refractivity contribution in [1.82, 2.24) is 25.0 Å². The SMILES string of the molecule is NC(=O)C(=Cn1nc(-c2ccc(C(F)(F)F)cc2)nc1-c1ccc(C(F)(F)F)cc1)c1ccnnc1. The lowest BCUT2D eigenvalue weighted by molar-refractivity contribution is -0.138. The molecule has 0 atom stereocenters. The Balaban J connectivity index is 1.86. The molecule has 0 aliphatic rings. The number of hydrogen-bond acceptors (Lipinski definition) is 5. The van der Waals surface area contributed by atoms with Crippen molar-refractivity contribution in [2.75, 3.05) is 0 Å². The van der Waals surface area contributed by atoms with E-state index in [1.807, 2.05) is 0 Å². The Bertz CT molecular complexity index is 1410. The van der Waals surface area contributed by atoms with E-state index < -0.39 is 29.4 Å². The second-order valence-corrected chi connectivity index (χ2v) is 7.39. The first-order valence-electron chi connectivity index (χ1n) is 10.0. The fourth-order valence-electron chi connectivity index (χ4n) is 3.20. The van der Waals surface area contributed by atoms with Gasteiger partial charge in [-0.1, -0.05) is 24.3 Å². The fourth-order valence-corrected chi connectivity index (χ4v) is 3.20. The van der Waals surface area contributed by atoms with Gasteiger partial charge in [-0.05, 0) is 30.3 Å². The average molecular weight is 504 g/mol. The van der Waals surface area contributed by atoms with Crippen LogP contribution in [0.1, 0.15) is 16.7 Å². The van der Waals surface area contributed by atoms with E-state index in [1.165, 1.54) is 24.7 Å². The third-order valence-corrected chi connectivity index (χ3v) is 4.98. The number of halogens is 6. The molecule has 0 aliphatic heterocycles. The average Bonchev–Trinajstić information content (AvgIpc) is 3.26. The Morgan fingerprint density at radius 3 is 1.83 bits per heavy atom. The van der Waals surface area contributed by atoms with Crippen molar-refractivity contribution < 1.29 is 31.1 Å². The molecule has 0 bridgehead atoms. The van der Waals surface area contributed by atoms with Gasteiger partial charge in [0, 0.05) is 22.9 Å². The van der Waals surface area contributed by atoms with Gasteiger partial charge in [-0.2, -0.15) is 36.5 Å². The van der Waals surface area contributed by atoms with Crippen molar-refractivity contribution in [3.63, 3.8) is 0 Å². The van der Waals surface area contributed by atoms with E-state index in [0.29, 0.717) is 0 Å². The summed E-state index contributed by atoms with van der Waals surface area (Å²) in [7, 11) is 0. The maximum Gasteiger partial charge on any atom is 0.416 e. The molecule has 2 heterocycles. The van der Waals surface area contributed by atoms with E-state index in [1.54, 1.807) is 0 Å². The maximum absolute atomic E-state index is 13.0. The molecule has 4 aromatic rings. The zero-order valence-corrected chi connectivity index (χ0v) is 17.9. The van der Waals surface area contributed by atoms with Gasteiger partial charge < -0.3 is 5.73 Å². The van der Waals surface area contributed by atoms with Crippen LogP contribution in [0.4, 0.5) is 26.3 Å². The molecule has 0 radical (unpaired) electrons. The van der Waals surface area contributed by atoms with Crippen LogP contribution < -0.4 is 5.73 Å². The highest BCUT2D eigenvalue weighted by Gasteiger charge is 2.31. The molecule has 36 heavy (non-hydrogen) atoms. The third kappa shape index (κ3) is 5.24. The molecule has 184 valence electrons. The lowest BCUT2D eigenvalue weighted by Gasteiger charge is -2.08. The highest BCUT2D eigenvalue weighted by atomic mass is 19.4. The van der Waals surface area contributed by atoms with Crippen LogP contribution in [0.2, 0.25) is 0 Å². The molecule has 7 nitrogen and oxygen atoms in total. The Hall–Kier alpha value is -4.55. The molecular weight excluding hydrogens is 490 g/mol. The minimum absolute atomic E-state index is 0.0133. The van der Waals surface area contributed by atoms with Crippen molar-refractivity contribution in [3.05, 3.63) is 83.7 Å². The van der Waals surface area contributed by atoms with Crippen LogP contribution in [0.15, 0.2) is 67.0 Å². The molecule has 0 unspecified atom stereocenters. The summed E-state index contributed by atoms with van der Waals surface area (Å²) in [5.74, 6) is -0.890. The van der Waals surface area contributed by atoms with Gasteiger partial charge in [0.15, 0.2) is 11.6 Å². The highest BCUT2D eigenvalue weighted by Crippen LogP contribution is 2.33. The smallest absolute Gasteiger partial charge is 0.366 e. The van der Waals surface area contributed by atoms with Crippen LogP contribution in [0, 0.1) is 0 Å². The maximum atomic E-state index is 13.0. The standard InChI is InChI=1S/C23H14F6N6O/c24-22(25,26)16-5-1-13(2-6-16)20-33-21(14-3-7-17(8-4-14)23(27,28)29)35(34-20)12-18(19(30)36)15-9-10-31-32-11-15/h1-12H,(H2,30,36). The van der Waals surface area contributed by atoms with E-state index in [-0.39, 0.29) is 33.9 Å². The van der Waals surface area contributed by atoms with Crippen molar-refractivity contribution in [2.24, 2.45) is 5.73 Å². The summed E-state index contributed by atoms with van der Waals surface area (Å²) < 4.78 is 78.9. The molecule has 2 N–H and O–H groups in total. The molecular formula is C23H14F6N6O. The van der Waals surface area contributed by atoms with Crippen LogP contribution in [-0.2, 0) is 17.1 Å². The summed E-state index contributed by atoms with van der Waals surface area (Å²) in [4.78, 5) is 16.4. The van der Waals surface area contributed by atoms with Gasteiger partial charge in [0.1, 0.15) is 0 Å². The largest absolute Gasteiger partial charge is 0.416 e. The molecule has 0 saturated carbocycles. The summed E-state index contributed by atoms with van der Waals surface area (Å²) in [6, 6.07) is 9.47.